The third-order valence-electron chi connectivity index (χ3n) is 3.55. The zero-order valence-electron chi connectivity index (χ0n) is 13.7. The number of benzene rings is 2. The van der Waals surface area contributed by atoms with E-state index >= 15 is 0 Å². The van der Waals surface area contributed by atoms with Gasteiger partial charge in [0.25, 0.3) is 5.56 Å². The zero-order chi connectivity index (χ0) is 17.6. The van der Waals surface area contributed by atoms with Gasteiger partial charge >= 0.3 is 0 Å². The van der Waals surface area contributed by atoms with Crippen LogP contribution in [0.15, 0.2) is 72.6 Å². The van der Waals surface area contributed by atoms with Gasteiger partial charge in [-0.15, -0.1) is 0 Å². The molecule has 1 aromatic heterocycles. The Hall–Kier alpha value is -3.34. The molecule has 0 bridgehead atoms. The predicted octanol–water partition coefficient (Wildman–Crippen LogP) is 3.72. The van der Waals surface area contributed by atoms with Gasteiger partial charge < -0.3 is 14.5 Å². The average molecular weight is 334 g/mol. The van der Waals surface area contributed by atoms with E-state index in [1.807, 2.05) is 18.2 Å². The number of rotatable bonds is 7. The van der Waals surface area contributed by atoms with Gasteiger partial charge in [-0.2, -0.15) is 0 Å². The first-order valence-electron chi connectivity index (χ1n) is 7.84. The van der Waals surface area contributed by atoms with Crippen molar-refractivity contribution < 1.29 is 9.47 Å². The molecule has 3 aromatic rings. The minimum atomic E-state index is -0.192. The highest BCUT2D eigenvalue weighted by Gasteiger charge is 2.12. The van der Waals surface area contributed by atoms with Crippen molar-refractivity contribution in [3.05, 3.63) is 78.1 Å². The van der Waals surface area contributed by atoms with Crippen LogP contribution in [0, 0.1) is 0 Å². The van der Waals surface area contributed by atoms with Gasteiger partial charge in [0.1, 0.15) is 30.5 Å². The van der Waals surface area contributed by atoms with Gasteiger partial charge in [-0.05, 0) is 24.3 Å². The van der Waals surface area contributed by atoms with E-state index in [4.69, 9.17) is 9.47 Å². The maximum absolute atomic E-state index is 12.3. The van der Waals surface area contributed by atoms with Crippen molar-refractivity contribution >= 4 is 10.9 Å². The fraction of sp³-hybridized carbons (Fsp3) is 0.100. The number of para-hydroxylation sites is 1. The molecule has 0 fully saturated rings. The van der Waals surface area contributed by atoms with E-state index in [9.17, 15) is 4.79 Å². The van der Waals surface area contributed by atoms with Crippen LogP contribution in [0.4, 0.5) is 0 Å². The minimum absolute atomic E-state index is 0.192. The molecule has 1 N–H and O–H groups in total. The topological polar surface area (TPSA) is 64.2 Å². The Balaban J connectivity index is 2.09. The lowest BCUT2D eigenvalue weighted by atomic mass is 10.1. The maximum atomic E-state index is 12.3. The molecule has 0 aliphatic heterocycles. The summed E-state index contributed by atoms with van der Waals surface area (Å²) in [6.45, 7) is 8.02. The van der Waals surface area contributed by atoms with E-state index in [-0.39, 0.29) is 5.56 Å². The molecule has 0 radical (unpaired) electrons. The molecule has 0 saturated carbocycles. The molecule has 0 aliphatic rings. The summed E-state index contributed by atoms with van der Waals surface area (Å²) in [5, 5.41) is 0.547. The van der Waals surface area contributed by atoms with Crippen LogP contribution < -0.4 is 15.0 Å². The predicted molar refractivity (Wildman–Crippen MR) is 99.2 cm³/mol. The number of nitrogens with one attached hydrogen (secondary N) is 1. The number of hydrogen-bond donors (Lipinski definition) is 1. The van der Waals surface area contributed by atoms with Crippen LogP contribution in [-0.4, -0.2) is 23.2 Å². The zero-order valence-corrected chi connectivity index (χ0v) is 13.7. The summed E-state index contributed by atoms with van der Waals surface area (Å²) in [7, 11) is 0. The Morgan fingerprint density at radius 1 is 1.04 bits per heavy atom. The summed E-state index contributed by atoms with van der Waals surface area (Å²) in [4.78, 5) is 19.7. The van der Waals surface area contributed by atoms with E-state index in [2.05, 4.69) is 23.1 Å². The number of aromatic amines is 1. The van der Waals surface area contributed by atoms with Gasteiger partial charge in [0, 0.05) is 6.07 Å². The molecule has 0 aliphatic carbocycles. The van der Waals surface area contributed by atoms with Crippen LogP contribution in [-0.2, 0) is 0 Å². The Kier molecular flexibility index (Phi) is 4.95. The number of fused-ring (bicyclic) bond motifs is 1. The number of nitrogens with zero attached hydrogens (tertiary/aromatic N) is 1. The fourth-order valence-electron chi connectivity index (χ4n) is 2.43. The van der Waals surface area contributed by atoms with Gasteiger partial charge in [-0.1, -0.05) is 37.4 Å². The number of aromatic nitrogens is 2. The Morgan fingerprint density at radius 3 is 2.60 bits per heavy atom. The first kappa shape index (κ1) is 16.5. The molecule has 126 valence electrons. The summed E-state index contributed by atoms with van der Waals surface area (Å²) in [6, 6.07) is 12.6. The lowest BCUT2D eigenvalue weighted by Crippen LogP contribution is -2.10. The molecule has 0 spiro atoms. The molecule has 0 unspecified atom stereocenters. The van der Waals surface area contributed by atoms with Crippen molar-refractivity contribution in [3.63, 3.8) is 0 Å². The largest absolute Gasteiger partial charge is 0.489 e. The molecular formula is C20H18N2O3. The standard InChI is InChI=1S/C20H18N2O3/c1-3-11-24-14-9-10-16(18(13-14)25-12-4-2)19-21-17-8-6-5-7-15(17)20(23)22-19/h3-10,13H,1-2,11-12H2,(H,21,22,23). The van der Waals surface area contributed by atoms with E-state index in [0.717, 1.165) is 0 Å². The van der Waals surface area contributed by atoms with E-state index in [1.54, 1.807) is 36.4 Å². The monoisotopic (exact) mass is 334 g/mol. The normalized spacial score (nSPS) is 10.4. The van der Waals surface area contributed by atoms with Gasteiger partial charge in [-0.3, -0.25) is 4.79 Å². The van der Waals surface area contributed by atoms with E-state index in [1.165, 1.54) is 0 Å². The first-order valence-corrected chi connectivity index (χ1v) is 7.84. The van der Waals surface area contributed by atoms with Crippen LogP contribution in [0.3, 0.4) is 0 Å². The third-order valence-corrected chi connectivity index (χ3v) is 3.55. The van der Waals surface area contributed by atoms with Crippen LogP contribution >= 0.6 is 0 Å². The Labute approximate surface area is 145 Å². The molecule has 0 amide bonds. The molecule has 5 heteroatoms. The minimum Gasteiger partial charge on any atom is -0.489 e. The summed E-state index contributed by atoms with van der Waals surface area (Å²) < 4.78 is 11.3. The number of H-pyrrole nitrogens is 1. The van der Waals surface area contributed by atoms with Crippen LogP contribution in [0.1, 0.15) is 0 Å². The highest BCUT2D eigenvalue weighted by molar-refractivity contribution is 5.80. The Bertz CT molecular complexity index is 976. The van der Waals surface area contributed by atoms with Gasteiger partial charge in [0.15, 0.2) is 0 Å². The first-order chi connectivity index (χ1) is 12.2. The highest BCUT2D eigenvalue weighted by atomic mass is 16.5. The third kappa shape index (κ3) is 3.61. The Morgan fingerprint density at radius 2 is 1.80 bits per heavy atom. The molecule has 25 heavy (non-hydrogen) atoms. The van der Waals surface area contributed by atoms with Crippen LogP contribution in [0.5, 0.6) is 11.5 Å². The molecular weight excluding hydrogens is 316 g/mol. The smallest absolute Gasteiger partial charge is 0.259 e. The van der Waals surface area contributed by atoms with Crippen LogP contribution in [0.25, 0.3) is 22.3 Å². The second-order valence-corrected chi connectivity index (χ2v) is 5.29. The van der Waals surface area contributed by atoms with Gasteiger partial charge in [0.2, 0.25) is 0 Å². The van der Waals surface area contributed by atoms with Gasteiger partial charge in [0.05, 0.1) is 16.5 Å². The molecule has 0 atom stereocenters. The second-order valence-electron chi connectivity index (χ2n) is 5.29. The summed E-state index contributed by atoms with van der Waals surface area (Å²) in [5.41, 5.74) is 1.11. The maximum Gasteiger partial charge on any atom is 0.259 e. The fourth-order valence-corrected chi connectivity index (χ4v) is 2.43. The highest BCUT2D eigenvalue weighted by Crippen LogP contribution is 2.32. The quantitative estimate of drug-likeness (QED) is 0.669. The number of ether oxygens (including phenoxy) is 2. The lowest BCUT2D eigenvalue weighted by Gasteiger charge is -2.12. The van der Waals surface area contributed by atoms with Gasteiger partial charge in [-0.25, -0.2) is 4.98 Å². The second kappa shape index (κ2) is 7.49. The molecule has 2 aromatic carbocycles. The summed E-state index contributed by atoms with van der Waals surface area (Å²) in [5.74, 6) is 1.64. The van der Waals surface area contributed by atoms with Crippen molar-refractivity contribution in [2.24, 2.45) is 0 Å². The van der Waals surface area contributed by atoms with E-state index < -0.39 is 0 Å². The lowest BCUT2D eigenvalue weighted by molar-refractivity contribution is 0.346. The summed E-state index contributed by atoms with van der Waals surface area (Å²) in [6.07, 6.45) is 3.32. The van der Waals surface area contributed by atoms with Crippen molar-refractivity contribution in [2.45, 2.75) is 0 Å². The summed E-state index contributed by atoms with van der Waals surface area (Å²) >= 11 is 0. The van der Waals surface area contributed by atoms with Crippen molar-refractivity contribution in [3.8, 4) is 22.9 Å². The SMILES string of the molecule is C=CCOc1ccc(-c2nc3ccccc3c(=O)[nH]2)c(OCC=C)c1. The van der Waals surface area contributed by atoms with Crippen LogP contribution in [0.2, 0.25) is 0 Å². The van der Waals surface area contributed by atoms with Crippen molar-refractivity contribution in [1.82, 2.24) is 9.97 Å². The van der Waals surface area contributed by atoms with E-state index in [0.29, 0.717) is 47.0 Å². The molecule has 3 rings (SSSR count). The average Bonchev–Trinajstić information content (AvgIpc) is 2.64. The molecule has 1 heterocycles. The van der Waals surface area contributed by atoms with Crippen molar-refractivity contribution in [2.75, 3.05) is 13.2 Å². The molecule has 0 saturated heterocycles. The molecule has 5 nitrogen and oxygen atoms in total. The number of hydrogen-bond acceptors (Lipinski definition) is 4. The van der Waals surface area contributed by atoms with Crippen molar-refractivity contribution in [1.29, 1.82) is 0 Å².